The number of piperidine rings is 1. The summed E-state index contributed by atoms with van der Waals surface area (Å²) in [5, 5.41) is 31.2. The second-order valence-corrected chi connectivity index (χ2v) is 9.14. The molecular weight excluding hydrogens is 343 g/mol. The van der Waals surface area contributed by atoms with E-state index in [0.29, 0.717) is 44.9 Å². The van der Waals surface area contributed by atoms with Crippen LogP contribution in [0.4, 0.5) is 0 Å². The SMILES string of the molecule is Cl.[2H]C1([2H])[C@H]2C[C@@H](C#[15N])N(C(=O)[C@@H](N)C34CC5C[C@@](O)(C3)C[C@](O)(C5)C4)[C@H]21. The number of halogens is 1. The molecule has 1 amide bonds. The number of carbonyl (C=O) groups is 1. The highest BCUT2D eigenvalue weighted by atomic mass is 35.5. The van der Waals surface area contributed by atoms with Crippen LogP contribution in [0.1, 0.15) is 54.1 Å². The summed E-state index contributed by atoms with van der Waals surface area (Å²) < 4.78 is 16.0. The number of fused-ring (bicyclic) bond motifs is 1. The second kappa shape index (κ2) is 5.10. The maximum atomic E-state index is 13.3. The molecule has 6 rings (SSSR count). The number of nitriles is 1. The van der Waals surface area contributed by atoms with Crippen molar-refractivity contribution in [2.24, 2.45) is 23.0 Å². The van der Waals surface area contributed by atoms with Crippen molar-refractivity contribution in [1.82, 2.24) is 4.90 Å². The molecule has 6 nitrogen and oxygen atoms in total. The average Bonchev–Trinajstić information content (AvgIpc) is 2.88. The van der Waals surface area contributed by atoms with Crippen LogP contribution in [-0.4, -0.2) is 50.3 Å². The Hall–Kier alpha value is -0.870. The number of aliphatic hydroxyl groups is 2. The van der Waals surface area contributed by atoms with E-state index in [0.717, 1.165) is 0 Å². The van der Waals surface area contributed by atoms with Crippen LogP contribution in [0.25, 0.3) is 0 Å². The number of amides is 1. The highest BCUT2D eigenvalue weighted by molar-refractivity contribution is 5.85. The van der Waals surface area contributed by atoms with Crippen molar-refractivity contribution in [2.75, 3.05) is 0 Å². The molecule has 7 heteroatoms. The monoisotopic (exact) mass is 370 g/mol. The van der Waals surface area contributed by atoms with Gasteiger partial charge in [-0.3, -0.25) is 4.79 Å². The zero-order valence-electron chi connectivity index (χ0n) is 16.0. The summed E-state index contributed by atoms with van der Waals surface area (Å²) in [4.78, 5) is 14.7. The first-order chi connectivity index (χ1) is 12.0. The molecule has 8 atom stereocenters. The van der Waals surface area contributed by atoms with E-state index >= 15 is 0 Å². The summed E-state index contributed by atoms with van der Waals surface area (Å²) in [5.74, 6) is -0.516. The molecule has 1 saturated heterocycles. The summed E-state index contributed by atoms with van der Waals surface area (Å²) in [6.45, 7) is 0. The number of rotatable bonds is 2. The smallest absolute Gasteiger partial charge is 0.241 e. The second-order valence-electron chi connectivity index (χ2n) is 9.14. The molecule has 4 N–H and O–H groups in total. The minimum absolute atomic E-state index is 0. The van der Waals surface area contributed by atoms with E-state index in [4.69, 9.17) is 8.48 Å². The van der Waals surface area contributed by atoms with Crippen LogP contribution in [0.3, 0.4) is 0 Å². The molecule has 0 aromatic carbocycles. The number of hydrogen-bond donors (Lipinski definition) is 3. The van der Waals surface area contributed by atoms with Gasteiger partial charge in [0.05, 0.1) is 23.3 Å². The first-order valence-corrected chi connectivity index (χ1v) is 8.95. The van der Waals surface area contributed by atoms with Crippen molar-refractivity contribution in [3.63, 3.8) is 0 Å². The molecule has 25 heavy (non-hydrogen) atoms. The normalized spacial score (nSPS) is 56.2. The van der Waals surface area contributed by atoms with Crippen LogP contribution in [0, 0.1) is 28.6 Å². The van der Waals surface area contributed by atoms with Crippen molar-refractivity contribution in [3.05, 3.63) is 0 Å². The zero-order chi connectivity index (χ0) is 18.7. The zero-order valence-corrected chi connectivity index (χ0v) is 14.8. The Morgan fingerprint density at radius 1 is 1.28 bits per heavy atom. The van der Waals surface area contributed by atoms with Crippen molar-refractivity contribution < 1.29 is 17.7 Å². The summed E-state index contributed by atoms with van der Waals surface area (Å²) in [5.41, 5.74) is 3.85. The lowest BCUT2D eigenvalue weighted by atomic mass is 9.44. The fourth-order valence-corrected chi connectivity index (χ4v) is 6.77. The van der Waals surface area contributed by atoms with Gasteiger partial charge >= 0.3 is 0 Å². The molecule has 4 bridgehead atoms. The fourth-order valence-electron chi connectivity index (χ4n) is 6.77. The lowest BCUT2D eigenvalue weighted by Gasteiger charge is -2.64. The van der Waals surface area contributed by atoms with Crippen LogP contribution in [0.15, 0.2) is 0 Å². The number of carbonyl (C=O) groups excluding carboxylic acids is 1. The van der Waals surface area contributed by atoms with Gasteiger partial charge in [-0.2, -0.15) is 5.26 Å². The third kappa shape index (κ3) is 2.36. The molecule has 0 aromatic heterocycles. The van der Waals surface area contributed by atoms with Gasteiger partial charge in [0.1, 0.15) is 6.04 Å². The Bertz CT molecular complexity index is 726. The predicted molar refractivity (Wildman–Crippen MR) is 91.5 cm³/mol. The van der Waals surface area contributed by atoms with E-state index in [9.17, 15) is 20.3 Å². The largest absolute Gasteiger partial charge is 0.390 e. The molecule has 0 aromatic rings. The molecule has 1 heterocycles. The van der Waals surface area contributed by atoms with Gasteiger partial charge in [-0.25, -0.2) is 0 Å². The molecular formula is C18H26ClN3O3. The Morgan fingerprint density at radius 3 is 2.48 bits per heavy atom. The lowest BCUT2D eigenvalue weighted by Crippen LogP contribution is -2.69. The summed E-state index contributed by atoms with van der Waals surface area (Å²) >= 11 is 0. The Morgan fingerprint density at radius 2 is 1.92 bits per heavy atom. The van der Waals surface area contributed by atoms with Gasteiger partial charge in [-0.1, -0.05) is 0 Å². The van der Waals surface area contributed by atoms with E-state index in [2.05, 4.69) is 6.07 Å². The van der Waals surface area contributed by atoms with Gasteiger partial charge in [0.15, 0.2) is 0 Å². The molecule has 5 saturated carbocycles. The number of likely N-dealkylation sites (tertiary alicyclic amines) is 1. The Labute approximate surface area is 156 Å². The fraction of sp³-hybridized carbons (Fsp3) is 0.889. The highest BCUT2D eigenvalue weighted by Gasteiger charge is 2.66. The molecule has 0 radical (unpaired) electrons. The van der Waals surface area contributed by atoms with Crippen molar-refractivity contribution >= 4 is 18.3 Å². The van der Waals surface area contributed by atoms with Gasteiger partial charge in [-0.05, 0) is 56.7 Å². The molecule has 2 unspecified atom stereocenters. The minimum atomic E-state index is -1.44. The molecule has 0 spiro atoms. The van der Waals surface area contributed by atoms with Crippen LogP contribution < -0.4 is 5.73 Å². The topological polar surface area (TPSA) is 111 Å². The standard InChI is InChI=1S/C18H25N3O3.ClH/c19-6-12-1-11-2-13(11)21(12)15(22)14(20)16-3-10-4-17(23,7-16)9-18(24,5-10)8-16;/h10-14,23-24H,1-5,7-9,20H2;1H/t10?,11-,12+,13+,14-,16?,17-,18+;/m1./s1/i2D2,19+1;. The quantitative estimate of drug-likeness (QED) is 0.619. The molecule has 1 aliphatic heterocycles. The predicted octanol–water partition coefficient (Wildman–Crippen LogP) is 0.695. The van der Waals surface area contributed by atoms with Gasteiger partial charge in [0.2, 0.25) is 5.91 Å². The maximum Gasteiger partial charge on any atom is 0.241 e. The summed E-state index contributed by atoms with van der Waals surface area (Å²) in [6.07, 6.45) is 2.06. The summed E-state index contributed by atoms with van der Waals surface area (Å²) in [6, 6.07) is 0.00381. The van der Waals surface area contributed by atoms with Gasteiger partial charge in [0, 0.05) is 20.6 Å². The van der Waals surface area contributed by atoms with Crippen LogP contribution in [0.5, 0.6) is 0 Å². The maximum absolute atomic E-state index is 13.3. The number of nitrogens with zero attached hydrogens (tertiary/aromatic N) is 2. The lowest BCUT2D eigenvalue weighted by molar-refractivity contribution is -0.234. The van der Waals surface area contributed by atoms with E-state index in [-0.39, 0.29) is 30.2 Å². The summed E-state index contributed by atoms with van der Waals surface area (Å²) in [7, 11) is 0. The average molecular weight is 371 g/mol. The third-order valence-corrected chi connectivity index (χ3v) is 7.15. The van der Waals surface area contributed by atoms with Crippen molar-refractivity contribution in [3.8, 4) is 6.07 Å². The molecule has 138 valence electrons. The van der Waals surface area contributed by atoms with E-state index in [1.165, 1.54) is 4.90 Å². The van der Waals surface area contributed by atoms with E-state index < -0.39 is 41.1 Å². The van der Waals surface area contributed by atoms with Gasteiger partial charge in [0.25, 0.3) is 0 Å². The third-order valence-electron chi connectivity index (χ3n) is 7.15. The molecule has 5 aliphatic carbocycles. The Balaban J connectivity index is 0.00000180. The van der Waals surface area contributed by atoms with E-state index in [1.54, 1.807) is 0 Å². The molecule has 6 aliphatic rings. The van der Waals surface area contributed by atoms with Gasteiger partial charge < -0.3 is 20.8 Å². The van der Waals surface area contributed by atoms with Crippen LogP contribution in [-0.2, 0) is 4.79 Å². The minimum Gasteiger partial charge on any atom is -0.390 e. The molecule has 6 fully saturated rings. The Kier molecular flexibility index (Phi) is 3.10. The van der Waals surface area contributed by atoms with Gasteiger partial charge in [-0.15, -0.1) is 12.4 Å². The van der Waals surface area contributed by atoms with Crippen LogP contribution >= 0.6 is 12.4 Å². The number of nitrogens with two attached hydrogens (primary N) is 1. The van der Waals surface area contributed by atoms with Crippen LogP contribution in [0.2, 0.25) is 0 Å². The first kappa shape index (κ1) is 15.2. The highest BCUT2D eigenvalue weighted by Crippen LogP contribution is 2.64. The van der Waals surface area contributed by atoms with Crippen molar-refractivity contribution in [1.29, 1.82) is 5.26 Å². The van der Waals surface area contributed by atoms with E-state index in [1.807, 2.05) is 0 Å². The van der Waals surface area contributed by atoms with Crippen molar-refractivity contribution in [2.45, 2.75) is 80.6 Å². The number of hydrogen-bond acceptors (Lipinski definition) is 5. The first-order valence-electron chi connectivity index (χ1n) is 9.95.